The van der Waals surface area contributed by atoms with Crippen LogP contribution in [-0.2, 0) is 28.7 Å². The maximum atomic E-state index is 10.8. The molecule has 0 bridgehead atoms. The third kappa shape index (κ3) is 17.3. The van der Waals surface area contributed by atoms with Crippen LogP contribution in [0, 0.1) is 0 Å². The molecule has 1 fully saturated rings. The van der Waals surface area contributed by atoms with E-state index in [1.807, 2.05) is 30.3 Å². The van der Waals surface area contributed by atoms with Gasteiger partial charge in [-0.05, 0) is 23.3 Å². The first-order chi connectivity index (χ1) is 23.3. The minimum atomic E-state index is -1.26. The number of piperazine rings is 1. The van der Waals surface area contributed by atoms with Crippen LogP contribution in [0.3, 0.4) is 0 Å². The Morgan fingerprint density at radius 2 is 1.08 bits per heavy atom. The Morgan fingerprint density at radius 1 is 0.653 bits per heavy atom. The zero-order chi connectivity index (χ0) is 36.8. The van der Waals surface area contributed by atoms with Crippen LogP contribution in [0.15, 0.2) is 66.8 Å². The second-order valence-electron chi connectivity index (χ2n) is 9.97. The minimum Gasteiger partial charge on any atom is -0.493 e. The van der Waals surface area contributed by atoms with Gasteiger partial charge in [-0.25, -0.2) is 19.2 Å². The van der Waals surface area contributed by atoms with E-state index in [9.17, 15) is 24.0 Å². The fraction of sp³-hybridized carbons (Fsp3) is 0.364. The standard InChI is InChI=1S/C25H34N2O6.2C4H4O4/c1-30-21-17-20(18-22(31-2)25(21)32-3)24(19-7-5-4-6-8-19)33-16-15-27-13-11-26(12-14-27)10-9-23(28)29;2*5-3(6)1-2-4(7)8/h4-8,17-18,24H,9-16H2,1-3H3,(H,28,29);2*1-2H,(H,5,6)(H,7,8)/b;2*2-1-. The Balaban J connectivity index is 0.000000620. The van der Waals surface area contributed by atoms with Crippen LogP contribution in [0.2, 0.25) is 0 Å². The first-order valence-corrected chi connectivity index (χ1v) is 14.7. The zero-order valence-corrected chi connectivity index (χ0v) is 27.4. The molecule has 1 aliphatic rings. The molecule has 1 atom stereocenters. The van der Waals surface area contributed by atoms with Crippen LogP contribution < -0.4 is 14.2 Å². The Morgan fingerprint density at radius 3 is 1.45 bits per heavy atom. The summed E-state index contributed by atoms with van der Waals surface area (Å²) < 4.78 is 23.0. The quantitative estimate of drug-likeness (QED) is 0.159. The summed E-state index contributed by atoms with van der Waals surface area (Å²) in [4.78, 5) is 53.6. The molecule has 1 heterocycles. The Bertz CT molecular complexity index is 1330. The maximum Gasteiger partial charge on any atom is 0.328 e. The summed E-state index contributed by atoms with van der Waals surface area (Å²) in [5.41, 5.74) is 1.97. The molecule has 0 saturated carbocycles. The lowest BCUT2D eigenvalue weighted by atomic mass is 10.0. The average Bonchev–Trinajstić information content (AvgIpc) is 3.08. The fourth-order valence-electron chi connectivity index (χ4n) is 4.34. The van der Waals surface area contributed by atoms with Gasteiger partial charge < -0.3 is 49.4 Å². The van der Waals surface area contributed by atoms with E-state index >= 15 is 0 Å². The highest BCUT2D eigenvalue weighted by Crippen LogP contribution is 2.41. The minimum absolute atomic E-state index is 0.191. The van der Waals surface area contributed by atoms with Crippen molar-refractivity contribution < 1.29 is 68.5 Å². The van der Waals surface area contributed by atoms with Crippen molar-refractivity contribution in [1.82, 2.24) is 9.80 Å². The fourth-order valence-corrected chi connectivity index (χ4v) is 4.34. The lowest BCUT2D eigenvalue weighted by molar-refractivity contribution is -0.137. The van der Waals surface area contributed by atoms with Gasteiger partial charge >= 0.3 is 29.8 Å². The number of carbonyl (C=O) groups is 5. The molecule has 1 unspecified atom stereocenters. The highest BCUT2D eigenvalue weighted by molar-refractivity contribution is 5.90. The molecule has 0 radical (unpaired) electrons. The molecule has 3 rings (SSSR count). The van der Waals surface area contributed by atoms with Gasteiger partial charge in [0.1, 0.15) is 6.10 Å². The van der Waals surface area contributed by atoms with Gasteiger partial charge in [-0.2, -0.15) is 0 Å². The molecule has 2 aromatic carbocycles. The third-order valence-corrected chi connectivity index (χ3v) is 6.63. The molecule has 0 aliphatic carbocycles. The molecule has 1 saturated heterocycles. The SMILES string of the molecule is COc1cc(C(OCCN2CCN(CCC(=O)O)CC2)c2ccccc2)cc(OC)c1OC.O=C(O)/C=C\C(=O)O.O=C(O)/C=C\C(=O)O. The zero-order valence-electron chi connectivity index (χ0n) is 27.4. The summed E-state index contributed by atoms with van der Waals surface area (Å²) in [6, 6.07) is 13.9. The maximum absolute atomic E-state index is 10.8. The number of carboxylic acid groups (broad SMARTS) is 5. The van der Waals surface area contributed by atoms with Crippen molar-refractivity contribution in [2.75, 3.05) is 67.2 Å². The molecule has 2 aromatic rings. The Labute approximate surface area is 283 Å². The number of ether oxygens (including phenoxy) is 4. The largest absolute Gasteiger partial charge is 0.493 e. The predicted octanol–water partition coefficient (Wildman–Crippen LogP) is 2.33. The highest BCUT2D eigenvalue weighted by Gasteiger charge is 2.22. The second-order valence-corrected chi connectivity index (χ2v) is 9.97. The van der Waals surface area contributed by atoms with Gasteiger partial charge in [0.2, 0.25) is 5.75 Å². The van der Waals surface area contributed by atoms with Gasteiger partial charge in [0, 0.05) is 63.6 Å². The van der Waals surface area contributed by atoms with Crippen molar-refractivity contribution in [1.29, 1.82) is 0 Å². The molecule has 1 aliphatic heterocycles. The van der Waals surface area contributed by atoms with Gasteiger partial charge in [0.05, 0.1) is 34.4 Å². The Kier molecular flexibility index (Phi) is 19.5. The van der Waals surface area contributed by atoms with Gasteiger partial charge in [-0.15, -0.1) is 0 Å². The summed E-state index contributed by atoms with van der Waals surface area (Å²) in [5, 5.41) is 40.1. The number of hydrogen-bond donors (Lipinski definition) is 5. The number of methoxy groups -OCH3 is 3. The molecule has 0 spiro atoms. The number of carboxylic acids is 5. The van der Waals surface area contributed by atoms with E-state index in [4.69, 9.17) is 44.5 Å². The number of nitrogens with zero attached hydrogens (tertiary/aromatic N) is 2. The number of benzene rings is 2. The van der Waals surface area contributed by atoms with E-state index in [-0.39, 0.29) is 12.5 Å². The molecule has 16 nitrogen and oxygen atoms in total. The smallest absolute Gasteiger partial charge is 0.328 e. The van der Waals surface area contributed by atoms with E-state index in [1.165, 1.54) is 0 Å². The summed E-state index contributed by atoms with van der Waals surface area (Å²) in [6.45, 7) is 5.54. The van der Waals surface area contributed by atoms with Crippen LogP contribution in [0.1, 0.15) is 23.7 Å². The number of rotatable bonds is 16. The van der Waals surface area contributed by atoms with Crippen molar-refractivity contribution in [3.63, 3.8) is 0 Å². The summed E-state index contributed by atoms with van der Waals surface area (Å²) in [5.74, 6) is -4.04. The molecule has 268 valence electrons. The molecule has 16 heteroatoms. The molecule has 5 N–H and O–H groups in total. The molecule has 0 aromatic heterocycles. The average molecular weight is 691 g/mol. The first-order valence-electron chi connectivity index (χ1n) is 14.7. The van der Waals surface area contributed by atoms with E-state index < -0.39 is 29.8 Å². The first kappa shape index (κ1) is 41.6. The van der Waals surface area contributed by atoms with Crippen molar-refractivity contribution in [3.05, 3.63) is 77.9 Å². The lowest BCUT2D eigenvalue weighted by Crippen LogP contribution is -2.47. The topological polar surface area (TPSA) is 230 Å². The van der Waals surface area contributed by atoms with Crippen molar-refractivity contribution in [2.45, 2.75) is 12.5 Å². The van der Waals surface area contributed by atoms with Crippen molar-refractivity contribution in [2.24, 2.45) is 0 Å². The highest BCUT2D eigenvalue weighted by atomic mass is 16.5. The monoisotopic (exact) mass is 690 g/mol. The van der Waals surface area contributed by atoms with Gasteiger partial charge in [0.25, 0.3) is 0 Å². The van der Waals surface area contributed by atoms with Gasteiger partial charge in [-0.1, -0.05) is 30.3 Å². The normalized spacial score (nSPS) is 13.7. The molecular formula is C33H42N2O14. The van der Waals surface area contributed by atoms with Crippen LogP contribution in [0.5, 0.6) is 17.2 Å². The van der Waals surface area contributed by atoms with Crippen LogP contribution >= 0.6 is 0 Å². The van der Waals surface area contributed by atoms with E-state index in [2.05, 4.69) is 21.9 Å². The predicted molar refractivity (Wildman–Crippen MR) is 174 cm³/mol. The van der Waals surface area contributed by atoms with Gasteiger partial charge in [-0.3, -0.25) is 9.69 Å². The number of aliphatic carboxylic acids is 5. The van der Waals surface area contributed by atoms with Crippen molar-refractivity contribution in [3.8, 4) is 17.2 Å². The summed E-state index contributed by atoms with van der Waals surface area (Å²) in [6.07, 6.45) is 2.14. The second kappa shape index (κ2) is 23.0. The van der Waals surface area contributed by atoms with E-state index in [1.54, 1.807) is 21.3 Å². The molecule has 0 amide bonds. The van der Waals surface area contributed by atoms with E-state index in [0.717, 1.165) is 43.9 Å². The van der Waals surface area contributed by atoms with Crippen LogP contribution in [-0.4, -0.2) is 132 Å². The summed E-state index contributed by atoms with van der Waals surface area (Å²) in [7, 11) is 4.80. The molecular weight excluding hydrogens is 648 g/mol. The van der Waals surface area contributed by atoms with E-state index in [0.29, 0.717) is 54.7 Å². The molecule has 49 heavy (non-hydrogen) atoms. The van der Waals surface area contributed by atoms with Crippen molar-refractivity contribution >= 4 is 29.8 Å². The van der Waals surface area contributed by atoms with Crippen LogP contribution in [0.25, 0.3) is 0 Å². The Hall–Kier alpha value is -5.45. The van der Waals surface area contributed by atoms with Crippen LogP contribution in [0.4, 0.5) is 0 Å². The summed E-state index contributed by atoms with van der Waals surface area (Å²) >= 11 is 0. The third-order valence-electron chi connectivity index (χ3n) is 6.63. The van der Waals surface area contributed by atoms with Gasteiger partial charge in [0.15, 0.2) is 11.5 Å². The lowest BCUT2D eigenvalue weighted by Gasteiger charge is -2.34. The number of hydrogen-bond acceptors (Lipinski definition) is 11.